The van der Waals surface area contributed by atoms with E-state index in [-0.39, 0.29) is 17.5 Å². The molecule has 5 nitrogen and oxygen atoms in total. The second kappa shape index (κ2) is 9.11. The number of guanidine groups is 1. The van der Waals surface area contributed by atoms with Gasteiger partial charge in [0, 0.05) is 38.2 Å². The van der Waals surface area contributed by atoms with Gasteiger partial charge in [0.15, 0.2) is 17.5 Å². The van der Waals surface area contributed by atoms with Crippen LogP contribution in [0.3, 0.4) is 0 Å². The first-order valence-electron chi connectivity index (χ1n) is 9.57. The van der Waals surface area contributed by atoms with Gasteiger partial charge >= 0.3 is 0 Å². The molecule has 0 aromatic heterocycles. The van der Waals surface area contributed by atoms with Crippen LogP contribution in [-0.2, 0) is 6.42 Å². The molecule has 2 aromatic rings. The molecule has 7 heteroatoms. The van der Waals surface area contributed by atoms with Crippen molar-refractivity contribution >= 4 is 5.96 Å². The lowest BCUT2D eigenvalue weighted by Gasteiger charge is -2.22. The van der Waals surface area contributed by atoms with Gasteiger partial charge in [0.1, 0.15) is 11.6 Å². The molecule has 29 heavy (non-hydrogen) atoms. The van der Waals surface area contributed by atoms with Crippen molar-refractivity contribution in [2.45, 2.75) is 24.8 Å². The number of hydrogen-bond donors (Lipinski definition) is 1. The molecule has 3 rings (SSSR count). The average molecular weight is 403 g/mol. The Hall–Kier alpha value is -2.83. The molecule has 0 spiro atoms. The van der Waals surface area contributed by atoms with Crippen LogP contribution in [0.2, 0.25) is 0 Å². The second-order valence-corrected chi connectivity index (χ2v) is 7.14. The SMILES string of the molecule is CN=C(NC1CC1c1c(F)cccc1F)N(C)CCc1ccc(OC)c(OC)c1. The van der Waals surface area contributed by atoms with E-state index in [1.807, 2.05) is 30.1 Å². The van der Waals surface area contributed by atoms with Gasteiger partial charge in [0.2, 0.25) is 0 Å². The van der Waals surface area contributed by atoms with Crippen LogP contribution in [0.4, 0.5) is 8.78 Å². The Bertz CT molecular complexity index is 868. The largest absolute Gasteiger partial charge is 0.493 e. The quantitative estimate of drug-likeness (QED) is 0.567. The minimum atomic E-state index is -0.490. The first-order chi connectivity index (χ1) is 14.0. The summed E-state index contributed by atoms with van der Waals surface area (Å²) in [6, 6.07) is 9.82. The predicted octanol–water partition coefficient (Wildman–Crippen LogP) is 3.59. The molecule has 1 aliphatic carbocycles. The van der Waals surface area contributed by atoms with Gasteiger partial charge < -0.3 is 19.7 Å². The van der Waals surface area contributed by atoms with E-state index in [0.29, 0.717) is 23.9 Å². The topological polar surface area (TPSA) is 46.1 Å². The summed E-state index contributed by atoms with van der Waals surface area (Å²) < 4.78 is 38.6. The molecule has 1 saturated carbocycles. The summed E-state index contributed by atoms with van der Waals surface area (Å²) in [5, 5.41) is 3.32. The maximum absolute atomic E-state index is 14.0. The fourth-order valence-corrected chi connectivity index (χ4v) is 3.49. The minimum Gasteiger partial charge on any atom is -0.493 e. The van der Waals surface area contributed by atoms with Crippen molar-refractivity contribution in [1.82, 2.24) is 10.2 Å². The van der Waals surface area contributed by atoms with Crippen molar-refractivity contribution < 1.29 is 18.3 Å². The maximum Gasteiger partial charge on any atom is 0.193 e. The Balaban J connectivity index is 1.57. The normalized spacial score (nSPS) is 18.3. The molecule has 0 radical (unpaired) electrons. The molecule has 0 saturated heterocycles. The van der Waals surface area contributed by atoms with Crippen molar-refractivity contribution in [1.29, 1.82) is 0 Å². The lowest BCUT2D eigenvalue weighted by Crippen LogP contribution is -2.41. The van der Waals surface area contributed by atoms with Gasteiger partial charge in [-0.15, -0.1) is 0 Å². The van der Waals surface area contributed by atoms with Crippen molar-refractivity contribution in [2.75, 3.05) is 34.9 Å². The summed E-state index contributed by atoms with van der Waals surface area (Å²) in [4.78, 5) is 6.32. The standard InChI is InChI=1S/C22H27F2N3O2/c1-25-22(26-18-13-15(18)21-16(23)6-5-7-17(21)24)27(2)11-10-14-8-9-19(28-3)20(12-14)29-4/h5-9,12,15,18H,10-11,13H2,1-4H3,(H,25,26). The molecule has 0 bridgehead atoms. The molecule has 1 N–H and O–H groups in total. The van der Waals surface area contributed by atoms with Crippen molar-refractivity contribution in [3.05, 3.63) is 59.2 Å². The summed E-state index contributed by atoms with van der Waals surface area (Å²) in [7, 11) is 6.87. The molecule has 156 valence electrons. The highest BCUT2D eigenvalue weighted by Gasteiger charge is 2.42. The Morgan fingerprint density at radius 1 is 1.14 bits per heavy atom. The highest BCUT2D eigenvalue weighted by atomic mass is 19.1. The lowest BCUT2D eigenvalue weighted by atomic mass is 10.1. The van der Waals surface area contributed by atoms with E-state index in [0.717, 1.165) is 18.5 Å². The highest BCUT2D eigenvalue weighted by Crippen LogP contribution is 2.43. The second-order valence-electron chi connectivity index (χ2n) is 7.14. The zero-order valence-corrected chi connectivity index (χ0v) is 17.2. The molecule has 2 unspecified atom stereocenters. The van der Waals surface area contributed by atoms with Crippen LogP contribution < -0.4 is 14.8 Å². The van der Waals surface area contributed by atoms with Gasteiger partial charge in [-0.3, -0.25) is 4.99 Å². The average Bonchev–Trinajstić information content (AvgIpc) is 3.48. The predicted molar refractivity (Wildman–Crippen MR) is 110 cm³/mol. The third-order valence-electron chi connectivity index (χ3n) is 5.23. The number of nitrogens with zero attached hydrogens (tertiary/aromatic N) is 2. The van der Waals surface area contributed by atoms with Crippen molar-refractivity contribution in [3.63, 3.8) is 0 Å². The summed E-state index contributed by atoms with van der Waals surface area (Å²) in [6.07, 6.45) is 1.47. The van der Waals surface area contributed by atoms with Gasteiger partial charge in [0.25, 0.3) is 0 Å². The van der Waals surface area contributed by atoms with E-state index in [9.17, 15) is 8.78 Å². The number of nitrogens with one attached hydrogen (secondary N) is 1. The Morgan fingerprint density at radius 2 is 1.83 bits per heavy atom. The fourth-order valence-electron chi connectivity index (χ4n) is 3.49. The molecule has 1 aliphatic rings. The number of benzene rings is 2. The van der Waals surface area contributed by atoms with E-state index < -0.39 is 11.6 Å². The molecule has 1 fully saturated rings. The Kier molecular flexibility index (Phi) is 6.56. The van der Waals surface area contributed by atoms with Crippen LogP contribution in [-0.4, -0.2) is 51.8 Å². The van der Waals surface area contributed by atoms with Crippen LogP contribution in [0.15, 0.2) is 41.4 Å². The summed E-state index contributed by atoms with van der Waals surface area (Å²) >= 11 is 0. The highest BCUT2D eigenvalue weighted by molar-refractivity contribution is 5.80. The van der Waals surface area contributed by atoms with Gasteiger partial charge in [-0.1, -0.05) is 12.1 Å². The summed E-state index contributed by atoms with van der Waals surface area (Å²) in [5.41, 5.74) is 1.27. The Labute approximate surface area is 170 Å². The third kappa shape index (κ3) is 4.78. The summed E-state index contributed by atoms with van der Waals surface area (Å²) in [6.45, 7) is 0.723. The molecule has 0 aliphatic heterocycles. The van der Waals surface area contributed by atoms with Crippen LogP contribution in [0.25, 0.3) is 0 Å². The van der Waals surface area contributed by atoms with Gasteiger partial charge in [-0.05, 0) is 42.7 Å². The first kappa shape index (κ1) is 20.9. The molecule has 0 amide bonds. The van der Waals surface area contributed by atoms with E-state index >= 15 is 0 Å². The van der Waals surface area contributed by atoms with Crippen molar-refractivity contribution in [3.8, 4) is 11.5 Å². The van der Waals surface area contributed by atoms with E-state index in [4.69, 9.17) is 9.47 Å². The monoisotopic (exact) mass is 403 g/mol. The van der Waals surface area contributed by atoms with Crippen molar-refractivity contribution in [2.24, 2.45) is 4.99 Å². The van der Waals surface area contributed by atoms with E-state index in [1.165, 1.54) is 18.2 Å². The van der Waals surface area contributed by atoms with E-state index in [2.05, 4.69) is 10.3 Å². The fraction of sp³-hybridized carbons (Fsp3) is 0.409. The number of likely N-dealkylation sites (N-methyl/N-ethyl adjacent to an activating group) is 1. The number of aliphatic imine (C=N–C) groups is 1. The van der Waals surface area contributed by atoms with Crippen LogP contribution in [0.5, 0.6) is 11.5 Å². The summed E-state index contributed by atoms with van der Waals surface area (Å²) in [5.74, 6) is 0.944. The van der Waals surface area contributed by atoms with E-state index in [1.54, 1.807) is 21.3 Å². The molecular formula is C22H27F2N3O2. The zero-order chi connectivity index (χ0) is 21.0. The molecule has 2 aromatic carbocycles. The van der Waals surface area contributed by atoms with Crippen LogP contribution in [0.1, 0.15) is 23.5 Å². The minimum absolute atomic E-state index is 0.0244. The maximum atomic E-state index is 14.0. The van der Waals surface area contributed by atoms with Crippen LogP contribution >= 0.6 is 0 Å². The zero-order valence-electron chi connectivity index (χ0n) is 17.2. The van der Waals surface area contributed by atoms with Gasteiger partial charge in [-0.25, -0.2) is 8.78 Å². The molecule has 2 atom stereocenters. The third-order valence-corrected chi connectivity index (χ3v) is 5.23. The number of ether oxygens (including phenoxy) is 2. The van der Waals surface area contributed by atoms with Gasteiger partial charge in [-0.2, -0.15) is 0 Å². The molecular weight excluding hydrogens is 376 g/mol. The first-order valence-corrected chi connectivity index (χ1v) is 9.57. The molecule has 0 heterocycles. The van der Waals surface area contributed by atoms with Gasteiger partial charge in [0.05, 0.1) is 14.2 Å². The smallest absolute Gasteiger partial charge is 0.193 e. The Morgan fingerprint density at radius 3 is 2.45 bits per heavy atom. The number of methoxy groups -OCH3 is 2. The number of hydrogen-bond acceptors (Lipinski definition) is 3. The van der Waals surface area contributed by atoms with Crippen LogP contribution in [0, 0.1) is 11.6 Å². The number of rotatable bonds is 7. The number of halogens is 2. The lowest BCUT2D eigenvalue weighted by molar-refractivity contribution is 0.354.